The minimum absolute atomic E-state index is 0.0547. The summed E-state index contributed by atoms with van der Waals surface area (Å²) in [7, 11) is 0. The van der Waals surface area contributed by atoms with Crippen molar-refractivity contribution in [1.82, 2.24) is 10.3 Å². The molecule has 1 aromatic carbocycles. The molecule has 0 saturated heterocycles. The number of nitrogens with one attached hydrogen (secondary N) is 1. The van der Waals surface area contributed by atoms with Crippen molar-refractivity contribution in [2.24, 2.45) is 0 Å². The summed E-state index contributed by atoms with van der Waals surface area (Å²) in [5.74, 6) is -0.0547. The first-order valence-electron chi connectivity index (χ1n) is 5.01. The number of rotatable bonds is 3. The molecule has 1 N–H and O–H groups in total. The van der Waals surface area contributed by atoms with Crippen LogP contribution in [0.2, 0.25) is 0 Å². The molecule has 2 rings (SSSR count). The van der Waals surface area contributed by atoms with E-state index in [1.165, 1.54) is 0 Å². The van der Waals surface area contributed by atoms with E-state index in [2.05, 4.69) is 32.9 Å². The van der Waals surface area contributed by atoms with Gasteiger partial charge in [0.05, 0.1) is 11.1 Å². The van der Waals surface area contributed by atoms with E-state index < -0.39 is 0 Å². The zero-order valence-electron chi connectivity index (χ0n) is 8.61. The molecule has 0 atom stereocenters. The molecule has 0 fully saturated rings. The third-order valence-corrected chi connectivity index (χ3v) is 2.80. The fourth-order valence-electron chi connectivity index (χ4n) is 1.54. The molecule has 0 spiro atoms. The highest BCUT2D eigenvalue weighted by molar-refractivity contribution is 14.1. The maximum atomic E-state index is 11.9. The zero-order valence-corrected chi connectivity index (χ0v) is 10.8. The summed E-state index contributed by atoms with van der Waals surface area (Å²) in [6.45, 7) is 0.683. The van der Waals surface area contributed by atoms with E-state index in [4.69, 9.17) is 0 Å². The highest BCUT2D eigenvalue weighted by Crippen LogP contribution is 2.15. The number of para-hydroxylation sites is 1. The first kappa shape index (κ1) is 11.3. The van der Waals surface area contributed by atoms with Crippen molar-refractivity contribution in [2.45, 2.75) is 0 Å². The zero-order chi connectivity index (χ0) is 11.4. The van der Waals surface area contributed by atoms with Gasteiger partial charge >= 0.3 is 0 Å². The van der Waals surface area contributed by atoms with Crippen LogP contribution in [0.15, 0.2) is 36.5 Å². The molecular formula is C12H11IN2O. The van der Waals surface area contributed by atoms with Crippen molar-refractivity contribution in [3.05, 3.63) is 42.1 Å². The Morgan fingerprint density at radius 2 is 2.12 bits per heavy atom. The number of carbonyl (C=O) groups excluding carboxylic acids is 1. The molecule has 3 nitrogen and oxygen atoms in total. The standard InChI is InChI=1S/C12H11IN2O/c13-6-8-15-12(16)10-5-1-3-9-4-2-7-14-11(9)10/h1-5,7H,6,8H2,(H,15,16). The first-order valence-corrected chi connectivity index (χ1v) is 6.53. The minimum atomic E-state index is -0.0547. The number of alkyl halides is 1. The molecule has 0 aliphatic heterocycles. The Labute approximate surface area is 107 Å². The van der Waals surface area contributed by atoms with Crippen LogP contribution >= 0.6 is 22.6 Å². The molecule has 0 aliphatic rings. The van der Waals surface area contributed by atoms with Crippen LogP contribution in [-0.4, -0.2) is 21.9 Å². The van der Waals surface area contributed by atoms with Crippen LogP contribution in [0.5, 0.6) is 0 Å². The number of benzene rings is 1. The van der Waals surface area contributed by atoms with Crippen molar-refractivity contribution in [1.29, 1.82) is 0 Å². The topological polar surface area (TPSA) is 42.0 Å². The van der Waals surface area contributed by atoms with Crippen LogP contribution in [0.4, 0.5) is 0 Å². The number of nitrogens with zero attached hydrogens (tertiary/aromatic N) is 1. The van der Waals surface area contributed by atoms with Gasteiger partial charge in [0.1, 0.15) is 0 Å². The van der Waals surface area contributed by atoms with Gasteiger partial charge in [0.2, 0.25) is 0 Å². The van der Waals surface area contributed by atoms with E-state index in [9.17, 15) is 4.79 Å². The number of halogens is 1. The van der Waals surface area contributed by atoms with Gasteiger partial charge in [-0.15, -0.1) is 0 Å². The van der Waals surface area contributed by atoms with E-state index in [0.717, 1.165) is 15.3 Å². The predicted octanol–water partition coefficient (Wildman–Crippen LogP) is 2.40. The average molecular weight is 326 g/mol. The molecule has 1 aromatic heterocycles. The normalized spacial score (nSPS) is 10.3. The van der Waals surface area contributed by atoms with E-state index in [0.29, 0.717) is 12.1 Å². The molecule has 0 aliphatic carbocycles. The quantitative estimate of drug-likeness (QED) is 0.695. The molecular weight excluding hydrogens is 315 g/mol. The van der Waals surface area contributed by atoms with Crippen molar-refractivity contribution >= 4 is 39.4 Å². The molecule has 1 amide bonds. The molecule has 4 heteroatoms. The molecule has 0 unspecified atom stereocenters. The lowest BCUT2D eigenvalue weighted by molar-refractivity contribution is 0.0958. The van der Waals surface area contributed by atoms with Gasteiger partial charge < -0.3 is 5.32 Å². The van der Waals surface area contributed by atoms with Crippen LogP contribution in [0.1, 0.15) is 10.4 Å². The number of pyridine rings is 1. The average Bonchev–Trinajstić information content (AvgIpc) is 2.35. The molecule has 1 heterocycles. The Morgan fingerprint density at radius 1 is 1.31 bits per heavy atom. The largest absolute Gasteiger partial charge is 0.351 e. The third kappa shape index (κ3) is 2.32. The van der Waals surface area contributed by atoms with Gasteiger partial charge in [0.15, 0.2) is 0 Å². The molecule has 0 bridgehead atoms. The predicted molar refractivity (Wildman–Crippen MR) is 73.0 cm³/mol. The summed E-state index contributed by atoms with van der Waals surface area (Å²) in [6, 6.07) is 9.46. The van der Waals surface area contributed by atoms with E-state index >= 15 is 0 Å². The monoisotopic (exact) mass is 326 g/mol. The van der Waals surface area contributed by atoms with Gasteiger partial charge in [-0.25, -0.2) is 0 Å². The van der Waals surface area contributed by atoms with Crippen LogP contribution in [0.25, 0.3) is 10.9 Å². The lowest BCUT2D eigenvalue weighted by Crippen LogP contribution is -2.25. The van der Waals surface area contributed by atoms with Crippen molar-refractivity contribution in [3.8, 4) is 0 Å². The maximum Gasteiger partial charge on any atom is 0.253 e. The Hall–Kier alpha value is -1.17. The fraction of sp³-hybridized carbons (Fsp3) is 0.167. The first-order chi connectivity index (χ1) is 7.83. The minimum Gasteiger partial charge on any atom is -0.351 e. The van der Waals surface area contributed by atoms with E-state index in [1.807, 2.05) is 24.3 Å². The third-order valence-electron chi connectivity index (χ3n) is 2.26. The van der Waals surface area contributed by atoms with Crippen LogP contribution in [0.3, 0.4) is 0 Å². The molecule has 0 saturated carbocycles. The Kier molecular flexibility index (Phi) is 3.71. The van der Waals surface area contributed by atoms with Gasteiger partial charge in [-0.3, -0.25) is 9.78 Å². The second-order valence-corrected chi connectivity index (χ2v) is 4.40. The molecule has 0 radical (unpaired) electrons. The molecule has 16 heavy (non-hydrogen) atoms. The SMILES string of the molecule is O=C(NCCI)c1cccc2cccnc12. The van der Waals surface area contributed by atoms with E-state index in [1.54, 1.807) is 12.3 Å². The number of fused-ring (bicyclic) bond motifs is 1. The second kappa shape index (κ2) is 5.25. The molecule has 82 valence electrons. The smallest absolute Gasteiger partial charge is 0.253 e. The van der Waals surface area contributed by atoms with Crippen molar-refractivity contribution in [2.75, 3.05) is 11.0 Å². The Morgan fingerprint density at radius 3 is 2.94 bits per heavy atom. The Bertz CT molecular complexity index is 508. The summed E-state index contributed by atoms with van der Waals surface area (Å²) >= 11 is 2.23. The summed E-state index contributed by atoms with van der Waals surface area (Å²) in [6.07, 6.45) is 1.71. The second-order valence-electron chi connectivity index (χ2n) is 3.33. The van der Waals surface area contributed by atoms with Gasteiger partial charge in [0, 0.05) is 22.6 Å². The lowest BCUT2D eigenvalue weighted by atomic mass is 10.1. The number of aromatic nitrogens is 1. The fourth-order valence-corrected chi connectivity index (χ4v) is 1.81. The Balaban J connectivity index is 2.40. The summed E-state index contributed by atoms with van der Waals surface area (Å²) in [5, 5.41) is 3.84. The summed E-state index contributed by atoms with van der Waals surface area (Å²) < 4.78 is 0.904. The summed E-state index contributed by atoms with van der Waals surface area (Å²) in [4.78, 5) is 16.1. The molecule has 2 aromatic rings. The highest BCUT2D eigenvalue weighted by Gasteiger charge is 2.09. The van der Waals surface area contributed by atoms with Gasteiger partial charge in [0.25, 0.3) is 5.91 Å². The maximum absolute atomic E-state index is 11.9. The van der Waals surface area contributed by atoms with Gasteiger partial charge in [-0.2, -0.15) is 0 Å². The van der Waals surface area contributed by atoms with E-state index in [-0.39, 0.29) is 5.91 Å². The van der Waals surface area contributed by atoms with Crippen LogP contribution < -0.4 is 5.32 Å². The van der Waals surface area contributed by atoms with Crippen molar-refractivity contribution < 1.29 is 4.79 Å². The highest BCUT2D eigenvalue weighted by atomic mass is 127. The number of hydrogen-bond acceptors (Lipinski definition) is 2. The number of carbonyl (C=O) groups is 1. The van der Waals surface area contributed by atoms with Crippen LogP contribution in [-0.2, 0) is 0 Å². The summed E-state index contributed by atoms with van der Waals surface area (Å²) in [5.41, 5.74) is 1.40. The van der Waals surface area contributed by atoms with Gasteiger partial charge in [-0.05, 0) is 12.1 Å². The number of hydrogen-bond donors (Lipinski definition) is 1. The number of amides is 1. The lowest BCUT2D eigenvalue weighted by Gasteiger charge is -2.05. The van der Waals surface area contributed by atoms with Crippen LogP contribution in [0, 0.1) is 0 Å². The van der Waals surface area contributed by atoms with Crippen molar-refractivity contribution in [3.63, 3.8) is 0 Å². The van der Waals surface area contributed by atoms with Gasteiger partial charge in [-0.1, -0.05) is 40.8 Å².